The molecule has 2 aliphatic rings. The summed E-state index contributed by atoms with van der Waals surface area (Å²) in [4.78, 5) is 32.5. The van der Waals surface area contributed by atoms with E-state index >= 15 is 0 Å². The van der Waals surface area contributed by atoms with E-state index in [2.05, 4.69) is 10.2 Å². The lowest BCUT2D eigenvalue weighted by Crippen LogP contribution is -2.49. The molecule has 40 heavy (non-hydrogen) atoms. The van der Waals surface area contributed by atoms with Crippen LogP contribution in [0.3, 0.4) is 0 Å². The van der Waals surface area contributed by atoms with Crippen LogP contribution in [-0.2, 0) is 9.53 Å². The highest BCUT2D eigenvalue weighted by molar-refractivity contribution is 6.04. The van der Waals surface area contributed by atoms with Crippen LogP contribution in [-0.4, -0.2) is 74.7 Å². The van der Waals surface area contributed by atoms with Crippen molar-refractivity contribution in [1.82, 2.24) is 9.80 Å². The third-order valence-corrected chi connectivity index (χ3v) is 7.63. The highest BCUT2D eigenvalue weighted by Crippen LogP contribution is 2.44. The predicted octanol–water partition coefficient (Wildman–Crippen LogP) is 4.65. The molecule has 8 heteroatoms. The monoisotopic (exact) mass is 543 g/mol. The van der Waals surface area contributed by atoms with Gasteiger partial charge in [-0.25, -0.2) is 0 Å². The lowest BCUT2D eigenvalue weighted by molar-refractivity contribution is -0.119. The zero-order chi connectivity index (χ0) is 28.1. The Hall–Kier alpha value is -3.88. The fourth-order valence-corrected chi connectivity index (χ4v) is 5.62. The van der Waals surface area contributed by atoms with Gasteiger partial charge in [-0.2, -0.15) is 0 Å². The number of methoxy groups -OCH3 is 1. The van der Waals surface area contributed by atoms with Gasteiger partial charge in [0, 0.05) is 31.7 Å². The smallest absolute Gasteiger partial charge is 0.254 e. The number of hydrogen-bond donors (Lipinski definition) is 1. The maximum Gasteiger partial charge on any atom is 0.254 e. The van der Waals surface area contributed by atoms with E-state index in [0.29, 0.717) is 49.9 Å². The topological polar surface area (TPSA) is 80.3 Å². The number of anilines is 1. The first-order chi connectivity index (χ1) is 19.5. The molecule has 1 N–H and O–H groups in total. The fourth-order valence-electron chi connectivity index (χ4n) is 5.62. The van der Waals surface area contributed by atoms with Crippen LogP contribution in [0, 0.1) is 6.92 Å². The molecule has 3 aromatic rings. The molecule has 210 valence electrons. The summed E-state index contributed by atoms with van der Waals surface area (Å²) in [6.07, 6.45) is 0. The largest absolute Gasteiger partial charge is 0.495 e. The molecule has 0 unspecified atom stereocenters. The molecule has 0 aliphatic carbocycles. The van der Waals surface area contributed by atoms with Gasteiger partial charge in [0.05, 0.1) is 44.6 Å². The SMILES string of the molecule is CCOc1ccc([C@H]2[C@H](C(=O)Nc3cc(C)ccc3OC)c3ccccc3C(=O)N2CCN2CCOCC2)cc1. The molecular weight excluding hydrogens is 506 g/mol. The number of rotatable bonds is 9. The van der Waals surface area contributed by atoms with E-state index in [4.69, 9.17) is 14.2 Å². The lowest BCUT2D eigenvalue weighted by Gasteiger charge is -2.43. The van der Waals surface area contributed by atoms with Crippen molar-refractivity contribution in [3.8, 4) is 11.5 Å². The van der Waals surface area contributed by atoms with Crippen LogP contribution in [0.2, 0.25) is 0 Å². The van der Waals surface area contributed by atoms with E-state index in [9.17, 15) is 9.59 Å². The Morgan fingerprint density at radius 1 is 1.02 bits per heavy atom. The number of nitrogens with zero attached hydrogens (tertiary/aromatic N) is 2. The van der Waals surface area contributed by atoms with E-state index in [1.807, 2.05) is 85.5 Å². The normalized spacial score (nSPS) is 19.2. The standard InChI is InChI=1S/C32H37N3O5/c1-4-40-24-12-10-23(11-13-24)30-29(31(36)33-27-21-22(2)9-14-28(27)38-3)25-7-5-6-8-26(25)32(37)35(30)16-15-34-17-19-39-20-18-34/h5-14,21,29-30H,4,15-20H2,1-3H3,(H,33,36)/t29-,30+/m1/s1. The number of benzene rings is 3. The van der Waals surface area contributed by atoms with Crippen LogP contribution in [0.25, 0.3) is 0 Å². The van der Waals surface area contributed by atoms with Crippen LogP contribution in [0.5, 0.6) is 11.5 Å². The molecule has 0 aromatic heterocycles. The molecule has 0 spiro atoms. The van der Waals surface area contributed by atoms with Gasteiger partial charge in [0.2, 0.25) is 5.91 Å². The van der Waals surface area contributed by atoms with Crippen molar-refractivity contribution in [3.05, 3.63) is 89.0 Å². The summed E-state index contributed by atoms with van der Waals surface area (Å²) < 4.78 is 16.7. The van der Waals surface area contributed by atoms with Crippen LogP contribution in [0.15, 0.2) is 66.7 Å². The minimum absolute atomic E-state index is 0.0695. The van der Waals surface area contributed by atoms with Gasteiger partial charge in [-0.15, -0.1) is 0 Å². The molecule has 2 aliphatic heterocycles. The zero-order valence-corrected chi connectivity index (χ0v) is 23.4. The molecular formula is C32H37N3O5. The molecule has 0 bridgehead atoms. The average molecular weight is 544 g/mol. The highest BCUT2D eigenvalue weighted by atomic mass is 16.5. The summed E-state index contributed by atoms with van der Waals surface area (Å²) in [7, 11) is 1.59. The number of ether oxygens (including phenoxy) is 3. The molecule has 2 amide bonds. The number of amides is 2. The van der Waals surface area contributed by atoms with Gasteiger partial charge in [-0.3, -0.25) is 14.5 Å². The number of nitrogens with one attached hydrogen (secondary N) is 1. The molecule has 1 fully saturated rings. The van der Waals surface area contributed by atoms with Gasteiger partial charge in [0.15, 0.2) is 0 Å². The van der Waals surface area contributed by atoms with Gasteiger partial charge >= 0.3 is 0 Å². The van der Waals surface area contributed by atoms with Gasteiger partial charge in [-0.05, 0) is 60.9 Å². The first-order valence-corrected chi connectivity index (χ1v) is 13.9. The maximum atomic E-state index is 14.3. The minimum Gasteiger partial charge on any atom is -0.495 e. The second-order valence-corrected chi connectivity index (χ2v) is 10.2. The molecule has 1 saturated heterocycles. The number of carbonyl (C=O) groups excluding carboxylic acids is 2. The average Bonchev–Trinajstić information content (AvgIpc) is 2.98. The van der Waals surface area contributed by atoms with Crippen molar-refractivity contribution >= 4 is 17.5 Å². The number of morpholine rings is 1. The molecule has 8 nitrogen and oxygen atoms in total. The van der Waals surface area contributed by atoms with Gasteiger partial charge in [0.25, 0.3) is 5.91 Å². The third-order valence-electron chi connectivity index (χ3n) is 7.63. The number of carbonyl (C=O) groups is 2. The van der Waals surface area contributed by atoms with Crippen LogP contribution in [0.1, 0.15) is 45.9 Å². The Balaban J connectivity index is 1.56. The van der Waals surface area contributed by atoms with Crippen LogP contribution >= 0.6 is 0 Å². The highest BCUT2D eigenvalue weighted by Gasteiger charge is 2.44. The fraction of sp³-hybridized carbons (Fsp3) is 0.375. The van der Waals surface area contributed by atoms with E-state index < -0.39 is 12.0 Å². The van der Waals surface area contributed by atoms with E-state index in [1.54, 1.807) is 7.11 Å². The lowest BCUT2D eigenvalue weighted by atomic mass is 9.79. The summed E-state index contributed by atoms with van der Waals surface area (Å²) in [5.41, 5.74) is 3.77. The second kappa shape index (κ2) is 12.5. The quantitative estimate of drug-likeness (QED) is 0.423. The number of fused-ring (bicyclic) bond motifs is 1. The molecule has 0 saturated carbocycles. The van der Waals surface area contributed by atoms with E-state index in [-0.39, 0.29) is 11.8 Å². The Labute approximate surface area is 235 Å². The van der Waals surface area contributed by atoms with Crippen molar-refractivity contribution < 1.29 is 23.8 Å². The molecule has 2 atom stereocenters. The summed E-state index contributed by atoms with van der Waals surface area (Å²) in [6.45, 7) is 8.67. The Kier molecular flexibility index (Phi) is 8.67. The third kappa shape index (κ3) is 5.83. The Morgan fingerprint density at radius 2 is 1.77 bits per heavy atom. The Bertz CT molecular complexity index is 1340. The van der Waals surface area contributed by atoms with Crippen molar-refractivity contribution in [2.45, 2.75) is 25.8 Å². The van der Waals surface area contributed by atoms with Crippen molar-refractivity contribution in [1.29, 1.82) is 0 Å². The maximum absolute atomic E-state index is 14.3. The van der Waals surface area contributed by atoms with Gasteiger partial charge in [-0.1, -0.05) is 36.4 Å². The second-order valence-electron chi connectivity index (χ2n) is 10.2. The number of aryl methyl sites for hydroxylation is 1. The molecule has 5 rings (SSSR count). The Morgan fingerprint density at radius 3 is 2.50 bits per heavy atom. The minimum atomic E-state index is -0.637. The van der Waals surface area contributed by atoms with Crippen LogP contribution in [0.4, 0.5) is 5.69 Å². The van der Waals surface area contributed by atoms with Crippen molar-refractivity contribution in [2.24, 2.45) is 0 Å². The van der Waals surface area contributed by atoms with Crippen LogP contribution < -0.4 is 14.8 Å². The number of hydrogen-bond acceptors (Lipinski definition) is 6. The van der Waals surface area contributed by atoms with E-state index in [1.165, 1.54) is 0 Å². The summed E-state index contributed by atoms with van der Waals surface area (Å²) >= 11 is 0. The first-order valence-electron chi connectivity index (χ1n) is 13.9. The molecule has 2 heterocycles. The van der Waals surface area contributed by atoms with Gasteiger partial charge < -0.3 is 24.4 Å². The predicted molar refractivity (Wildman–Crippen MR) is 154 cm³/mol. The zero-order valence-electron chi connectivity index (χ0n) is 23.4. The first kappa shape index (κ1) is 27.7. The van der Waals surface area contributed by atoms with Crippen molar-refractivity contribution in [3.63, 3.8) is 0 Å². The molecule has 0 radical (unpaired) electrons. The summed E-state index contributed by atoms with van der Waals surface area (Å²) in [6, 6.07) is 20.4. The summed E-state index contributed by atoms with van der Waals surface area (Å²) in [5, 5.41) is 3.13. The summed E-state index contributed by atoms with van der Waals surface area (Å²) in [5.74, 6) is 0.431. The van der Waals surface area contributed by atoms with E-state index in [0.717, 1.165) is 35.5 Å². The van der Waals surface area contributed by atoms with Gasteiger partial charge in [0.1, 0.15) is 11.5 Å². The molecule has 3 aromatic carbocycles. The van der Waals surface area contributed by atoms with Crippen molar-refractivity contribution in [2.75, 3.05) is 58.4 Å².